The van der Waals surface area contributed by atoms with Crippen LogP contribution in [0.3, 0.4) is 0 Å². The molecule has 1 saturated heterocycles. The molecule has 1 nitrogen and oxygen atoms in total. The van der Waals surface area contributed by atoms with Crippen molar-refractivity contribution in [2.75, 3.05) is 6.61 Å². The summed E-state index contributed by atoms with van der Waals surface area (Å²) in [7, 11) is 0. The maximum absolute atomic E-state index is 5.67. The lowest BCUT2D eigenvalue weighted by atomic mass is 9.98. The highest BCUT2D eigenvalue weighted by Gasteiger charge is 2.22. The fraction of sp³-hybridized carbons (Fsp3) is 1.00. The first-order valence-electron chi connectivity index (χ1n) is 4.57. The van der Waals surface area contributed by atoms with E-state index in [1.54, 1.807) is 0 Å². The maximum atomic E-state index is 5.67. The molecule has 1 aliphatic heterocycles. The van der Waals surface area contributed by atoms with Crippen molar-refractivity contribution in [1.82, 2.24) is 0 Å². The number of ether oxygens (including phenoxy) is 1. The van der Waals surface area contributed by atoms with Crippen LogP contribution in [0.15, 0.2) is 0 Å². The van der Waals surface area contributed by atoms with Gasteiger partial charge in [-0.15, -0.1) is 0 Å². The third-order valence-electron chi connectivity index (χ3n) is 2.92. The van der Waals surface area contributed by atoms with E-state index in [2.05, 4.69) is 0 Å². The van der Waals surface area contributed by atoms with Gasteiger partial charge in [0.05, 0.1) is 6.10 Å². The fourth-order valence-corrected chi connectivity index (χ4v) is 2.20. The largest absolute Gasteiger partial charge is 0.378 e. The first-order valence-corrected chi connectivity index (χ1v) is 4.57. The van der Waals surface area contributed by atoms with Gasteiger partial charge in [0.2, 0.25) is 0 Å². The van der Waals surface area contributed by atoms with E-state index in [9.17, 15) is 0 Å². The molecule has 0 N–H and O–H groups in total. The van der Waals surface area contributed by atoms with Gasteiger partial charge in [-0.2, -0.15) is 0 Å². The van der Waals surface area contributed by atoms with E-state index < -0.39 is 0 Å². The van der Waals surface area contributed by atoms with Crippen LogP contribution in [0, 0.1) is 5.92 Å². The summed E-state index contributed by atoms with van der Waals surface area (Å²) < 4.78 is 5.67. The molecule has 0 amide bonds. The van der Waals surface area contributed by atoms with Crippen LogP contribution < -0.4 is 0 Å². The standard InChI is InChI=1S/C9H16O/c1-2-8-4-5-9(3-1)10-7-6-8/h8-9H,1-7H2. The van der Waals surface area contributed by atoms with Crippen molar-refractivity contribution < 1.29 is 4.74 Å². The minimum Gasteiger partial charge on any atom is -0.378 e. The van der Waals surface area contributed by atoms with Gasteiger partial charge in [-0.1, -0.05) is 12.8 Å². The number of rotatable bonds is 0. The predicted molar refractivity (Wildman–Crippen MR) is 40.9 cm³/mol. The summed E-state index contributed by atoms with van der Waals surface area (Å²) >= 11 is 0. The molecule has 2 rings (SSSR count). The molecule has 1 saturated carbocycles. The quantitative estimate of drug-likeness (QED) is 0.502. The Kier molecular flexibility index (Phi) is 1.94. The molecule has 2 aliphatic rings. The summed E-state index contributed by atoms with van der Waals surface area (Å²) in [6.07, 6.45) is 8.95. The molecular formula is C9H16O. The van der Waals surface area contributed by atoms with Gasteiger partial charge in [0.25, 0.3) is 0 Å². The third-order valence-corrected chi connectivity index (χ3v) is 2.92. The monoisotopic (exact) mass is 140 g/mol. The van der Waals surface area contributed by atoms with Gasteiger partial charge in [-0.25, -0.2) is 0 Å². The zero-order chi connectivity index (χ0) is 6.81. The van der Waals surface area contributed by atoms with Crippen molar-refractivity contribution in [3.63, 3.8) is 0 Å². The minimum absolute atomic E-state index is 0.632. The Morgan fingerprint density at radius 2 is 1.90 bits per heavy atom. The van der Waals surface area contributed by atoms with E-state index in [0.717, 1.165) is 12.5 Å². The second-order valence-electron chi connectivity index (χ2n) is 3.66. The van der Waals surface area contributed by atoms with Gasteiger partial charge in [-0.05, 0) is 31.6 Å². The lowest BCUT2D eigenvalue weighted by Gasteiger charge is -2.15. The van der Waals surface area contributed by atoms with Gasteiger partial charge in [0, 0.05) is 6.61 Å². The van der Waals surface area contributed by atoms with Crippen LogP contribution in [0.2, 0.25) is 0 Å². The minimum atomic E-state index is 0.632. The zero-order valence-corrected chi connectivity index (χ0v) is 6.51. The Hall–Kier alpha value is -0.0400. The second kappa shape index (κ2) is 2.91. The molecule has 0 radical (unpaired) electrons. The predicted octanol–water partition coefficient (Wildman–Crippen LogP) is 2.36. The topological polar surface area (TPSA) is 9.23 Å². The molecule has 0 spiro atoms. The van der Waals surface area contributed by atoms with Crippen LogP contribution in [-0.4, -0.2) is 12.7 Å². The van der Waals surface area contributed by atoms with Crippen molar-refractivity contribution in [2.24, 2.45) is 5.92 Å². The smallest absolute Gasteiger partial charge is 0.0575 e. The van der Waals surface area contributed by atoms with Crippen molar-refractivity contribution in [1.29, 1.82) is 0 Å². The van der Waals surface area contributed by atoms with Crippen LogP contribution in [0.25, 0.3) is 0 Å². The molecule has 2 bridgehead atoms. The van der Waals surface area contributed by atoms with E-state index in [0.29, 0.717) is 6.10 Å². The van der Waals surface area contributed by atoms with Crippen LogP contribution in [0.4, 0.5) is 0 Å². The fourth-order valence-electron chi connectivity index (χ4n) is 2.20. The molecule has 10 heavy (non-hydrogen) atoms. The van der Waals surface area contributed by atoms with Crippen LogP contribution in [-0.2, 0) is 4.74 Å². The van der Waals surface area contributed by atoms with Crippen LogP contribution in [0.1, 0.15) is 38.5 Å². The Labute approximate surface area is 62.8 Å². The molecule has 2 atom stereocenters. The van der Waals surface area contributed by atoms with Crippen molar-refractivity contribution in [3.8, 4) is 0 Å². The molecular weight excluding hydrogens is 124 g/mol. The third kappa shape index (κ3) is 1.34. The van der Waals surface area contributed by atoms with E-state index >= 15 is 0 Å². The maximum Gasteiger partial charge on any atom is 0.0575 e. The first-order chi connectivity index (χ1) is 4.95. The Morgan fingerprint density at radius 3 is 2.90 bits per heavy atom. The zero-order valence-electron chi connectivity index (χ0n) is 6.51. The molecule has 0 aromatic heterocycles. The molecule has 0 aromatic rings. The average molecular weight is 140 g/mol. The number of hydrogen-bond donors (Lipinski definition) is 0. The molecule has 2 unspecified atom stereocenters. The molecule has 1 heteroatoms. The van der Waals surface area contributed by atoms with Crippen LogP contribution >= 0.6 is 0 Å². The molecule has 2 fully saturated rings. The van der Waals surface area contributed by atoms with E-state index in [1.807, 2.05) is 0 Å². The SMILES string of the molecule is C1CC2CCOC(C1)CC2. The average Bonchev–Trinajstić information content (AvgIpc) is 2.17. The van der Waals surface area contributed by atoms with Gasteiger partial charge < -0.3 is 4.74 Å². The second-order valence-corrected chi connectivity index (χ2v) is 3.66. The van der Waals surface area contributed by atoms with Crippen molar-refractivity contribution in [2.45, 2.75) is 44.6 Å². The Balaban J connectivity index is 2.01. The summed E-state index contributed by atoms with van der Waals surface area (Å²) in [5.41, 5.74) is 0. The van der Waals surface area contributed by atoms with Gasteiger partial charge in [0.15, 0.2) is 0 Å². The van der Waals surface area contributed by atoms with Crippen molar-refractivity contribution in [3.05, 3.63) is 0 Å². The summed E-state index contributed by atoms with van der Waals surface area (Å²) in [4.78, 5) is 0. The van der Waals surface area contributed by atoms with E-state index in [-0.39, 0.29) is 0 Å². The molecule has 58 valence electrons. The Bertz CT molecular complexity index is 89.3. The Morgan fingerprint density at radius 1 is 0.900 bits per heavy atom. The lowest BCUT2D eigenvalue weighted by molar-refractivity contribution is 0.0451. The number of hydrogen-bond acceptors (Lipinski definition) is 1. The van der Waals surface area contributed by atoms with Crippen LogP contribution in [0.5, 0.6) is 0 Å². The molecule has 0 aromatic carbocycles. The van der Waals surface area contributed by atoms with Gasteiger partial charge in [-0.3, -0.25) is 0 Å². The summed E-state index contributed by atoms with van der Waals surface area (Å²) in [6.45, 7) is 1.04. The summed E-state index contributed by atoms with van der Waals surface area (Å²) in [6, 6.07) is 0. The summed E-state index contributed by atoms with van der Waals surface area (Å²) in [5.74, 6) is 1.01. The normalized spacial score (nSPS) is 40.8. The van der Waals surface area contributed by atoms with E-state index in [4.69, 9.17) is 4.74 Å². The number of fused-ring (bicyclic) bond motifs is 3. The molecule has 1 heterocycles. The van der Waals surface area contributed by atoms with Gasteiger partial charge >= 0.3 is 0 Å². The van der Waals surface area contributed by atoms with Gasteiger partial charge in [0.1, 0.15) is 0 Å². The van der Waals surface area contributed by atoms with E-state index in [1.165, 1.54) is 38.5 Å². The van der Waals surface area contributed by atoms with Crippen molar-refractivity contribution >= 4 is 0 Å². The highest BCUT2D eigenvalue weighted by atomic mass is 16.5. The lowest BCUT2D eigenvalue weighted by Crippen LogP contribution is -2.11. The summed E-state index contributed by atoms with van der Waals surface area (Å²) in [5, 5.41) is 0. The highest BCUT2D eigenvalue weighted by Crippen LogP contribution is 2.30. The first kappa shape index (κ1) is 6.66. The highest BCUT2D eigenvalue weighted by molar-refractivity contribution is 4.73. The molecule has 1 aliphatic carbocycles.